The van der Waals surface area contributed by atoms with Gasteiger partial charge in [-0.25, -0.2) is 0 Å². The molecule has 0 amide bonds. The summed E-state index contributed by atoms with van der Waals surface area (Å²) < 4.78 is 0. The Labute approximate surface area is 84.0 Å². The van der Waals surface area contributed by atoms with Crippen molar-refractivity contribution < 1.29 is 0 Å². The molecule has 2 N–H and O–H groups in total. The molecule has 2 unspecified atom stereocenters. The Kier molecular flexibility index (Phi) is 2.20. The molecule has 2 rings (SSSR count). The third kappa shape index (κ3) is 1.65. The fourth-order valence-electron chi connectivity index (χ4n) is 2.30. The molecule has 1 nitrogen and oxygen atoms in total. The normalized spacial score (nSPS) is 33.9. The Morgan fingerprint density at radius 3 is 2.85 bits per heavy atom. The molecule has 1 saturated carbocycles. The minimum absolute atomic E-state index is 0.00975. The van der Waals surface area contributed by atoms with Gasteiger partial charge in [0.1, 0.15) is 0 Å². The smallest absolute Gasteiger partial charge is 0.0420 e. The average molecular weight is 195 g/mol. The first kappa shape index (κ1) is 9.22. The summed E-state index contributed by atoms with van der Waals surface area (Å²) in [5.74, 6) is 0.796. The third-order valence-corrected chi connectivity index (χ3v) is 3.96. The number of hydrogen-bond donors (Lipinski definition) is 1. The predicted octanol–water partition coefficient (Wildman–Crippen LogP) is 3.03. The van der Waals surface area contributed by atoms with E-state index in [-0.39, 0.29) is 5.54 Å². The maximum Gasteiger partial charge on any atom is 0.0420 e. The lowest BCUT2D eigenvalue weighted by atomic mass is 9.90. The lowest BCUT2D eigenvalue weighted by Crippen LogP contribution is -2.32. The predicted molar refractivity (Wildman–Crippen MR) is 57.9 cm³/mol. The van der Waals surface area contributed by atoms with Crippen molar-refractivity contribution in [2.45, 2.75) is 38.6 Å². The summed E-state index contributed by atoms with van der Waals surface area (Å²) in [5.41, 5.74) is 7.74. The molecular formula is C11H17NS. The van der Waals surface area contributed by atoms with E-state index in [9.17, 15) is 0 Å². The van der Waals surface area contributed by atoms with Crippen LogP contribution in [0.5, 0.6) is 0 Å². The largest absolute Gasteiger partial charge is 0.321 e. The van der Waals surface area contributed by atoms with Crippen LogP contribution >= 0.6 is 11.3 Å². The van der Waals surface area contributed by atoms with Gasteiger partial charge in [0.05, 0.1) is 0 Å². The summed E-state index contributed by atoms with van der Waals surface area (Å²) in [6.07, 6.45) is 3.60. The molecule has 1 aliphatic rings. The Balaban J connectivity index is 2.25. The summed E-state index contributed by atoms with van der Waals surface area (Å²) in [4.78, 5) is 1.37. The first-order valence-electron chi connectivity index (χ1n) is 4.95. The van der Waals surface area contributed by atoms with Gasteiger partial charge >= 0.3 is 0 Å². The van der Waals surface area contributed by atoms with E-state index in [1.165, 1.54) is 16.9 Å². The van der Waals surface area contributed by atoms with Crippen molar-refractivity contribution in [2.24, 2.45) is 11.7 Å². The topological polar surface area (TPSA) is 26.0 Å². The fourth-order valence-corrected chi connectivity index (χ4v) is 3.11. The second-order valence-corrected chi connectivity index (χ2v) is 5.57. The molecule has 0 aromatic carbocycles. The third-order valence-electron chi connectivity index (χ3n) is 3.10. The standard InChI is InChI=1S/C11H17NS/c1-8-3-4-11(12,6-8)10-5-9(2)13-7-10/h5,7-8H,3-4,6,12H2,1-2H3. The van der Waals surface area contributed by atoms with Gasteiger partial charge in [-0.05, 0) is 49.1 Å². The van der Waals surface area contributed by atoms with Crippen molar-refractivity contribution in [3.8, 4) is 0 Å². The van der Waals surface area contributed by atoms with Crippen LogP contribution < -0.4 is 5.73 Å². The highest BCUT2D eigenvalue weighted by Gasteiger charge is 2.35. The number of aryl methyl sites for hydroxylation is 1. The molecule has 13 heavy (non-hydrogen) atoms. The number of hydrogen-bond acceptors (Lipinski definition) is 2. The van der Waals surface area contributed by atoms with E-state index >= 15 is 0 Å². The zero-order valence-corrected chi connectivity index (χ0v) is 9.16. The summed E-state index contributed by atoms with van der Waals surface area (Å²) in [7, 11) is 0. The van der Waals surface area contributed by atoms with Gasteiger partial charge in [-0.15, -0.1) is 11.3 Å². The number of nitrogens with two attached hydrogens (primary N) is 1. The molecule has 1 aliphatic carbocycles. The maximum absolute atomic E-state index is 6.39. The molecule has 1 aromatic rings. The monoisotopic (exact) mass is 195 g/mol. The van der Waals surface area contributed by atoms with Crippen molar-refractivity contribution in [1.29, 1.82) is 0 Å². The van der Waals surface area contributed by atoms with Gasteiger partial charge in [0, 0.05) is 10.4 Å². The van der Waals surface area contributed by atoms with Gasteiger partial charge in [0.15, 0.2) is 0 Å². The van der Waals surface area contributed by atoms with E-state index in [0.29, 0.717) is 0 Å². The molecule has 2 atom stereocenters. The Bertz CT molecular complexity index is 305. The quantitative estimate of drug-likeness (QED) is 0.732. The SMILES string of the molecule is Cc1cc(C2(N)CCC(C)C2)cs1. The van der Waals surface area contributed by atoms with Crippen molar-refractivity contribution in [3.63, 3.8) is 0 Å². The molecule has 0 spiro atoms. The molecule has 0 aliphatic heterocycles. The van der Waals surface area contributed by atoms with E-state index in [2.05, 4.69) is 25.3 Å². The second kappa shape index (κ2) is 3.10. The van der Waals surface area contributed by atoms with Crippen LogP contribution in [-0.4, -0.2) is 0 Å². The van der Waals surface area contributed by atoms with Gasteiger partial charge in [-0.2, -0.15) is 0 Å². The lowest BCUT2D eigenvalue weighted by Gasteiger charge is -2.22. The van der Waals surface area contributed by atoms with Crippen molar-refractivity contribution in [2.75, 3.05) is 0 Å². The minimum Gasteiger partial charge on any atom is -0.321 e. The van der Waals surface area contributed by atoms with Crippen LogP contribution in [0, 0.1) is 12.8 Å². The van der Waals surface area contributed by atoms with E-state index in [0.717, 1.165) is 18.8 Å². The molecule has 1 fully saturated rings. The summed E-state index contributed by atoms with van der Waals surface area (Å²) in [6, 6.07) is 2.25. The van der Waals surface area contributed by atoms with E-state index in [1.54, 1.807) is 0 Å². The van der Waals surface area contributed by atoms with Gasteiger partial charge in [-0.3, -0.25) is 0 Å². The summed E-state index contributed by atoms with van der Waals surface area (Å²) >= 11 is 1.81. The van der Waals surface area contributed by atoms with E-state index in [1.807, 2.05) is 11.3 Å². The zero-order valence-electron chi connectivity index (χ0n) is 8.34. The molecule has 0 radical (unpaired) electrons. The van der Waals surface area contributed by atoms with Crippen molar-refractivity contribution in [3.05, 3.63) is 21.9 Å². The van der Waals surface area contributed by atoms with E-state index in [4.69, 9.17) is 5.73 Å². The van der Waals surface area contributed by atoms with Crippen LogP contribution in [0.2, 0.25) is 0 Å². The van der Waals surface area contributed by atoms with Crippen LogP contribution in [-0.2, 0) is 5.54 Å². The van der Waals surface area contributed by atoms with Crippen LogP contribution in [0.1, 0.15) is 36.6 Å². The molecule has 0 saturated heterocycles. The zero-order chi connectivity index (χ0) is 9.47. The van der Waals surface area contributed by atoms with Gasteiger partial charge in [0.2, 0.25) is 0 Å². The van der Waals surface area contributed by atoms with Crippen molar-refractivity contribution in [1.82, 2.24) is 0 Å². The maximum atomic E-state index is 6.39. The van der Waals surface area contributed by atoms with Crippen LogP contribution in [0.25, 0.3) is 0 Å². The Hall–Kier alpha value is -0.340. The first-order chi connectivity index (χ1) is 6.10. The first-order valence-corrected chi connectivity index (χ1v) is 5.83. The highest BCUT2D eigenvalue weighted by Crippen LogP contribution is 2.40. The van der Waals surface area contributed by atoms with Crippen LogP contribution in [0.4, 0.5) is 0 Å². The molecule has 0 bridgehead atoms. The number of rotatable bonds is 1. The summed E-state index contributed by atoms with van der Waals surface area (Å²) in [6.45, 7) is 4.45. The van der Waals surface area contributed by atoms with Crippen molar-refractivity contribution >= 4 is 11.3 Å². The Morgan fingerprint density at radius 1 is 1.62 bits per heavy atom. The molecule has 1 heterocycles. The minimum atomic E-state index is -0.00975. The van der Waals surface area contributed by atoms with Gasteiger partial charge < -0.3 is 5.73 Å². The van der Waals surface area contributed by atoms with E-state index < -0.39 is 0 Å². The lowest BCUT2D eigenvalue weighted by molar-refractivity contribution is 0.442. The summed E-state index contributed by atoms with van der Waals surface area (Å²) in [5, 5.41) is 2.23. The fraction of sp³-hybridized carbons (Fsp3) is 0.636. The highest BCUT2D eigenvalue weighted by molar-refractivity contribution is 7.10. The highest BCUT2D eigenvalue weighted by atomic mass is 32.1. The average Bonchev–Trinajstić information content (AvgIpc) is 2.60. The Morgan fingerprint density at radius 2 is 2.38 bits per heavy atom. The van der Waals surface area contributed by atoms with Crippen LogP contribution in [0.15, 0.2) is 11.4 Å². The second-order valence-electron chi connectivity index (χ2n) is 4.45. The molecule has 72 valence electrons. The molecule has 2 heteroatoms. The number of thiophene rings is 1. The van der Waals surface area contributed by atoms with Gasteiger partial charge in [-0.1, -0.05) is 6.92 Å². The van der Waals surface area contributed by atoms with Gasteiger partial charge in [0.25, 0.3) is 0 Å². The van der Waals surface area contributed by atoms with Crippen LogP contribution in [0.3, 0.4) is 0 Å². The molecular weight excluding hydrogens is 178 g/mol. The molecule has 1 aromatic heterocycles.